The van der Waals surface area contributed by atoms with Crippen LogP contribution in [-0.4, -0.2) is 27.6 Å². The molecule has 0 atom stereocenters. The Balaban J connectivity index is 0.000000347. The molecule has 1 aromatic rings. The molecule has 0 amide bonds. The van der Waals surface area contributed by atoms with Crippen LogP contribution >= 0.6 is 0 Å². The molecule has 20 heavy (non-hydrogen) atoms. The lowest BCUT2D eigenvalue weighted by molar-refractivity contribution is -0.131. The number of carbonyl (C=O) groups excluding carboxylic acids is 1. The van der Waals surface area contributed by atoms with E-state index in [0.717, 1.165) is 25.3 Å². The van der Waals surface area contributed by atoms with Crippen molar-refractivity contribution in [2.24, 2.45) is 0 Å². The third kappa shape index (κ3) is 4.63. The molecule has 0 bridgehead atoms. The summed E-state index contributed by atoms with van der Waals surface area (Å²) in [7, 11) is 0. The van der Waals surface area contributed by atoms with Gasteiger partial charge in [0.05, 0.1) is 0 Å². The monoisotopic (exact) mass is 276 g/mol. The third-order valence-corrected chi connectivity index (χ3v) is 3.31. The van der Waals surface area contributed by atoms with Gasteiger partial charge in [0.25, 0.3) is 0 Å². The first kappa shape index (κ1) is 16.1. The van der Waals surface area contributed by atoms with Gasteiger partial charge in [0, 0.05) is 11.6 Å². The molecule has 4 heteroatoms. The molecule has 1 aliphatic rings. The average Bonchev–Trinajstić information content (AvgIpc) is 2.48. The van der Waals surface area contributed by atoms with Crippen LogP contribution in [0.5, 0.6) is 0 Å². The summed E-state index contributed by atoms with van der Waals surface area (Å²) < 4.78 is 0. The van der Waals surface area contributed by atoms with Crippen molar-refractivity contribution in [3.8, 4) is 0 Å². The van der Waals surface area contributed by atoms with Crippen LogP contribution in [-0.2, 0) is 4.79 Å². The molecule has 1 aliphatic carbocycles. The van der Waals surface area contributed by atoms with Gasteiger partial charge < -0.3 is 10.2 Å². The predicted molar refractivity (Wildman–Crippen MR) is 76.6 cm³/mol. The minimum absolute atomic E-state index is 0.109. The molecule has 0 radical (unpaired) electrons. The fraction of sp³-hybridized carbons (Fsp3) is 0.375. The van der Waals surface area contributed by atoms with E-state index >= 15 is 0 Å². The molecule has 4 nitrogen and oxygen atoms in total. The highest BCUT2D eigenvalue weighted by atomic mass is 16.4. The Labute approximate surface area is 118 Å². The van der Waals surface area contributed by atoms with Crippen molar-refractivity contribution in [3.05, 3.63) is 48.6 Å². The first-order chi connectivity index (χ1) is 9.49. The minimum Gasteiger partial charge on any atom is -0.478 e. The molecule has 0 saturated heterocycles. The van der Waals surface area contributed by atoms with Gasteiger partial charge in [0.15, 0.2) is 5.78 Å². The summed E-state index contributed by atoms with van der Waals surface area (Å²) in [6, 6.07) is 9.09. The number of Topliss-reactive ketones (excluding diaryl/α,β-unsaturated/α-hetero) is 1. The summed E-state index contributed by atoms with van der Waals surface area (Å²) in [6.45, 7) is 2.96. The molecule has 2 rings (SSSR count). The summed E-state index contributed by atoms with van der Waals surface area (Å²) in [6.07, 6.45) is 5.09. The Morgan fingerprint density at radius 3 is 2.05 bits per heavy atom. The fourth-order valence-electron chi connectivity index (χ4n) is 2.22. The van der Waals surface area contributed by atoms with Crippen molar-refractivity contribution in [3.63, 3.8) is 0 Å². The van der Waals surface area contributed by atoms with Crippen molar-refractivity contribution in [1.29, 1.82) is 0 Å². The van der Waals surface area contributed by atoms with Gasteiger partial charge in [0.2, 0.25) is 0 Å². The summed E-state index contributed by atoms with van der Waals surface area (Å²) in [5.74, 6) is -1.09. The van der Waals surface area contributed by atoms with Crippen LogP contribution in [0.3, 0.4) is 0 Å². The van der Waals surface area contributed by atoms with Crippen LogP contribution in [0.25, 0.3) is 0 Å². The van der Waals surface area contributed by atoms with Crippen LogP contribution in [0, 0.1) is 0 Å². The number of hydrogen-bond donors (Lipinski definition) is 2. The van der Waals surface area contributed by atoms with E-state index in [0.29, 0.717) is 18.4 Å². The molecule has 108 valence electrons. The number of carboxylic acid groups (broad SMARTS) is 1. The Hall–Kier alpha value is -1.94. The SMILES string of the molecule is C=CC(=O)O.O=C(c1ccccc1)C1(O)CCCCC1. The second kappa shape index (κ2) is 7.60. The maximum atomic E-state index is 12.1. The van der Waals surface area contributed by atoms with Crippen LogP contribution in [0.2, 0.25) is 0 Å². The Morgan fingerprint density at radius 1 is 1.10 bits per heavy atom. The number of aliphatic hydroxyl groups is 1. The number of hydrogen-bond acceptors (Lipinski definition) is 3. The molecule has 1 saturated carbocycles. The fourth-order valence-corrected chi connectivity index (χ4v) is 2.22. The standard InChI is InChI=1S/C13H16O2.C3H4O2/c14-12(11-7-3-1-4-8-11)13(15)9-5-2-6-10-13;1-2-3(4)5/h1,3-4,7-8,15H,2,5-6,9-10H2;2H,1H2,(H,4,5). The van der Waals surface area contributed by atoms with Gasteiger partial charge in [-0.05, 0) is 12.8 Å². The molecule has 1 fully saturated rings. The molecule has 1 aromatic carbocycles. The summed E-state index contributed by atoms with van der Waals surface area (Å²) in [5.41, 5.74) is -0.471. The van der Waals surface area contributed by atoms with E-state index in [4.69, 9.17) is 5.11 Å². The highest BCUT2D eigenvalue weighted by Gasteiger charge is 2.37. The smallest absolute Gasteiger partial charge is 0.327 e. The minimum atomic E-state index is -1.10. The lowest BCUT2D eigenvalue weighted by atomic mass is 9.79. The Kier molecular flexibility index (Phi) is 6.12. The zero-order valence-corrected chi connectivity index (χ0v) is 11.4. The van der Waals surface area contributed by atoms with E-state index in [-0.39, 0.29) is 5.78 Å². The van der Waals surface area contributed by atoms with Crippen LogP contribution in [0.1, 0.15) is 42.5 Å². The highest BCUT2D eigenvalue weighted by Crippen LogP contribution is 2.30. The van der Waals surface area contributed by atoms with Gasteiger partial charge >= 0.3 is 5.97 Å². The lowest BCUT2D eigenvalue weighted by Crippen LogP contribution is -2.40. The van der Waals surface area contributed by atoms with Gasteiger partial charge in [-0.3, -0.25) is 4.79 Å². The number of rotatable bonds is 3. The molecule has 0 spiro atoms. The maximum absolute atomic E-state index is 12.1. The van der Waals surface area contributed by atoms with Crippen molar-refractivity contribution >= 4 is 11.8 Å². The van der Waals surface area contributed by atoms with Gasteiger partial charge in [0.1, 0.15) is 5.60 Å². The molecular formula is C16H20O4. The molecule has 0 aromatic heterocycles. The van der Waals surface area contributed by atoms with Gasteiger partial charge in [-0.2, -0.15) is 0 Å². The second-order valence-corrected chi connectivity index (χ2v) is 4.83. The maximum Gasteiger partial charge on any atom is 0.327 e. The van der Waals surface area contributed by atoms with E-state index < -0.39 is 11.6 Å². The van der Waals surface area contributed by atoms with E-state index in [1.54, 1.807) is 12.1 Å². The third-order valence-electron chi connectivity index (χ3n) is 3.31. The molecule has 0 aliphatic heterocycles. The first-order valence-corrected chi connectivity index (χ1v) is 6.67. The number of carbonyl (C=O) groups is 2. The van der Waals surface area contributed by atoms with Gasteiger partial charge in [-0.25, -0.2) is 4.79 Å². The van der Waals surface area contributed by atoms with Crippen molar-refractivity contribution < 1.29 is 19.8 Å². The van der Waals surface area contributed by atoms with Crippen LogP contribution < -0.4 is 0 Å². The number of benzene rings is 1. The number of carboxylic acids is 1. The summed E-state index contributed by atoms with van der Waals surface area (Å²) >= 11 is 0. The van der Waals surface area contributed by atoms with E-state index in [9.17, 15) is 14.7 Å². The zero-order valence-electron chi connectivity index (χ0n) is 11.4. The zero-order chi connectivity index (χ0) is 15.0. The highest BCUT2D eigenvalue weighted by molar-refractivity contribution is 6.02. The first-order valence-electron chi connectivity index (χ1n) is 6.67. The largest absolute Gasteiger partial charge is 0.478 e. The van der Waals surface area contributed by atoms with Crippen molar-refractivity contribution in [2.45, 2.75) is 37.7 Å². The summed E-state index contributed by atoms with van der Waals surface area (Å²) in [4.78, 5) is 21.3. The van der Waals surface area contributed by atoms with Crippen molar-refractivity contribution in [2.75, 3.05) is 0 Å². The second-order valence-electron chi connectivity index (χ2n) is 4.83. The van der Waals surface area contributed by atoms with Gasteiger partial charge in [-0.15, -0.1) is 0 Å². The number of aliphatic carboxylic acids is 1. The van der Waals surface area contributed by atoms with Crippen molar-refractivity contribution in [1.82, 2.24) is 0 Å². The normalized spacial score (nSPS) is 16.4. The Morgan fingerprint density at radius 2 is 1.60 bits per heavy atom. The quantitative estimate of drug-likeness (QED) is 0.657. The average molecular weight is 276 g/mol. The van der Waals surface area contributed by atoms with E-state index in [2.05, 4.69) is 6.58 Å². The van der Waals surface area contributed by atoms with E-state index in [1.807, 2.05) is 18.2 Å². The molecule has 0 heterocycles. The topological polar surface area (TPSA) is 74.6 Å². The molecule has 2 N–H and O–H groups in total. The van der Waals surface area contributed by atoms with E-state index in [1.165, 1.54) is 0 Å². The predicted octanol–water partition coefficient (Wildman–Crippen LogP) is 2.82. The molecular weight excluding hydrogens is 256 g/mol. The van der Waals surface area contributed by atoms with Crippen LogP contribution in [0.4, 0.5) is 0 Å². The van der Waals surface area contributed by atoms with Gasteiger partial charge in [-0.1, -0.05) is 56.2 Å². The van der Waals surface area contributed by atoms with Crippen LogP contribution in [0.15, 0.2) is 43.0 Å². The lowest BCUT2D eigenvalue weighted by Gasteiger charge is -2.30. The number of ketones is 1. The summed E-state index contributed by atoms with van der Waals surface area (Å²) in [5, 5.41) is 17.8. The Bertz CT molecular complexity index is 459. The molecule has 0 unspecified atom stereocenters.